The van der Waals surface area contributed by atoms with Gasteiger partial charge in [-0.3, -0.25) is 5.32 Å². The first-order chi connectivity index (χ1) is 7.91. The van der Waals surface area contributed by atoms with Gasteiger partial charge in [-0.05, 0) is 24.6 Å². The molecule has 0 bridgehead atoms. The van der Waals surface area contributed by atoms with Crippen LogP contribution in [0.15, 0.2) is 35.3 Å². The Bertz CT molecular complexity index is 450. The van der Waals surface area contributed by atoms with E-state index in [0.717, 1.165) is 0 Å². The van der Waals surface area contributed by atoms with E-state index in [-0.39, 0.29) is 0 Å². The Balaban J connectivity index is 3.22. The molecule has 0 aliphatic carbocycles. The van der Waals surface area contributed by atoms with Gasteiger partial charge in [-0.15, -0.1) is 6.58 Å². The lowest BCUT2D eigenvalue weighted by molar-refractivity contribution is -0.144. The molecule has 3 nitrogen and oxygen atoms in total. The molecule has 5 heteroatoms. The van der Waals surface area contributed by atoms with E-state index >= 15 is 0 Å². The van der Waals surface area contributed by atoms with Crippen molar-refractivity contribution in [3.63, 3.8) is 0 Å². The molecule has 17 heavy (non-hydrogen) atoms. The molecule has 0 fully saturated rings. The van der Waals surface area contributed by atoms with Crippen LogP contribution in [0.25, 0.3) is 0 Å². The molecule has 1 aromatic rings. The Hall–Kier alpha value is -1.20. The Labute approximate surface area is 107 Å². The zero-order valence-electron chi connectivity index (χ0n) is 9.34. The molecule has 0 spiro atoms. The molecule has 0 saturated carbocycles. The summed E-state index contributed by atoms with van der Waals surface area (Å²) < 4.78 is 13.4. The van der Waals surface area contributed by atoms with Crippen molar-refractivity contribution in [3.05, 3.63) is 46.7 Å². The molecule has 0 saturated heterocycles. The third-order valence-electron chi connectivity index (χ3n) is 2.50. The molecule has 92 valence electrons. The highest BCUT2D eigenvalue weighted by molar-refractivity contribution is 9.10. The maximum Gasteiger partial charge on any atom is 0.328 e. The van der Waals surface area contributed by atoms with Gasteiger partial charge in [-0.2, -0.15) is 0 Å². The summed E-state index contributed by atoms with van der Waals surface area (Å²) in [6.07, 6.45) is 1.57. The number of halogens is 2. The van der Waals surface area contributed by atoms with E-state index in [4.69, 9.17) is 0 Å². The second-order valence-corrected chi connectivity index (χ2v) is 4.58. The van der Waals surface area contributed by atoms with Crippen molar-refractivity contribution in [1.29, 1.82) is 0 Å². The fraction of sp³-hybridized carbons (Fsp3) is 0.250. The standard InChI is InChI=1S/C12H13BrFNO2/c1-3-6-15-12(2,11(16)17)9-5-4-8(14)7-10(9)13/h3-5,7,15H,1,6H2,2H3,(H,16,17). The van der Waals surface area contributed by atoms with Crippen molar-refractivity contribution in [3.8, 4) is 0 Å². The number of carboxylic acids is 1. The molecule has 1 aromatic carbocycles. The highest BCUT2D eigenvalue weighted by Gasteiger charge is 2.36. The van der Waals surface area contributed by atoms with E-state index in [9.17, 15) is 14.3 Å². The van der Waals surface area contributed by atoms with Gasteiger partial charge in [-0.1, -0.05) is 28.1 Å². The fourth-order valence-corrected chi connectivity index (χ4v) is 2.20. The van der Waals surface area contributed by atoms with Gasteiger partial charge < -0.3 is 5.11 Å². The minimum absolute atomic E-state index is 0.340. The average molecular weight is 302 g/mol. The predicted octanol–water partition coefficient (Wildman–Crippen LogP) is 2.66. The van der Waals surface area contributed by atoms with Crippen LogP contribution in [0.5, 0.6) is 0 Å². The van der Waals surface area contributed by atoms with Crippen LogP contribution < -0.4 is 5.32 Å². The van der Waals surface area contributed by atoms with Crippen LogP contribution in [0.2, 0.25) is 0 Å². The van der Waals surface area contributed by atoms with Gasteiger partial charge in [0.15, 0.2) is 0 Å². The van der Waals surface area contributed by atoms with Crippen LogP contribution >= 0.6 is 15.9 Å². The predicted molar refractivity (Wildman–Crippen MR) is 67.3 cm³/mol. The molecule has 0 aliphatic rings. The van der Waals surface area contributed by atoms with Gasteiger partial charge in [0.05, 0.1) is 0 Å². The molecule has 0 aliphatic heterocycles. The number of nitrogens with one attached hydrogen (secondary N) is 1. The van der Waals surface area contributed by atoms with Crippen molar-refractivity contribution in [2.24, 2.45) is 0 Å². The maximum atomic E-state index is 13.0. The largest absolute Gasteiger partial charge is 0.480 e. The van der Waals surface area contributed by atoms with Crippen molar-refractivity contribution in [2.75, 3.05) is 6.54 Å². The molecule has 1 atom stereocenters. The first-order valence-electron chi connectivity index (χ1n) is 4.96. The van der Waals surface area contributed by atoms with Crippen LogP contribution in [0, 0.1) is 5.82 Å². The zero-order chi connectivity index (χ0) is 13.1. The van der Waals surface area contributed by atoms with E-state index in [1.165, 1.54) is 25.1 Å². The van der Waals surface area contributed by atoms with Crippen molar-refractivity contribution in [1.82, 2.24) is 5.32 Å². The highest BCUT2D eigenvalue weighted by atomic mass is 79.9. The summed E-state index contributed by atoms with van der Waals surface area (Å²) in [4.78, 5) is 11.4. The zero-order valence-corrected chi connectivity index (χ0v) is 10.9. The lowest BCUT2D eigenvalue weighted by Gasteiger charge is -2.27. The monoisotopic (exact) mass is 301 g/mol. The van der Waals surface area contributed by atoms with Crippen LogP contribution in [0.3, 0.4) is 0 Å². The molecule has 2 N–H and O–H groups in total. The number of carbonyl (C=O) groups is 1. The smallest absolute Gasteiger partial charge is 0.328 e. The molecule has 0 aromatic heterocycles. The Morgan fingerprint density at radius 1 is 1.71 bits per heavy atom. The van der Waals surface area contributed by atoms with Crippen molar-refractivity contribution in [2.45, 2.75) is 12.5 Å². The molecule has 0 radical (unpaired) electrons. The number of rotatable bonds is 5. The van der Waals surface area contributed by atoms with Crippen LogP contribution in [0.4, 0.5) is 4.39 Å². The summed E-state index contributed by atoms with van der Waals surface area (Å²) in [5.74, 6) is -1.45. The summed E-state index contributed by atoms with van der Waals surface area (Å²) >= 11 is 3.17. The molecular weight excluding hydrogens is 289 g/mol. The summed E-state index contributed by atoms with van der Waals surface area (Å²) in [6, 6.07) is 3.92. The Morgan fingerprint density at radius 2 is 2.35 bits per heavy atom. The van der Waals surface area contributed by atoms with Crippen LogP contribution in [-0.4, -0.2) is 17.6 Å². The van der Waals surface area contributed by atoms with E-state index in [2.05, 4.69) is 27.8 Å². The van der Waals surface area contributed by atoms with Gasteiger partial charge in [0.25, 0.3) is 0 Å². The molecule has 1 unspecified atom stereocenters. The van der Waals surface area contributed by atoms with Crippen LogP contribution in [0.1, 0.15) is 12.5 Å². The second kappa shape index (κ2) is 5.42. The molecule has 0 heterocycles. The number of hydrogen-bond acceptors (Lipinski definition) is 2. The first kappa shape index (κ1) is 13.9. The Morgan fingerprint density at radius 3 is 2.82 bits per heavy atom. The first-order valence-corrected chi connectivity index (χ1v) is 5.76. The van der Waals surface area contributed by atoms with Crippen molar-refractivity contribution >= 4 is 21.9 Å². The maximum absolute atomic E-state index is 13.0. The molecule has 1 rings (SSSR count). The van der Waals surface area contributed by atoms with E-state index in [1.807, 2.05) is 0 Å². The lowest BCUT2D eigenvalue weighted by atomic mass is 9.92. The van der Waals surface area contributed by atoms with Crippen molar-refractivity contribution < 1.29 is 14.3 Å². The fourth-order valence-electron chi connectivity index (χ4n) is 1.46. The molecule has 0 amide bonds. The van der Waals surface area contributed by atoms with E-state index in [1.54, 1.807) is 6.08 Å². The van der Waals surface area contributed by atoms with Gasteiger partial charge in [0.1, 0.15) is 11.4 Å². The second-order valence-electron chi connectivity index (χ2n) is 3.72. The highest BCUT2D eigenvalue weighted by Crippen LogP contribution is 2.29. The molecular formula is C12H13BrFNO2. The number of carboxylic acid groups (broad SMARTS) is 1. The van der Waals surface area contributed by atoms with E-state index < -0.39 is 17.3 Å². The average Bonchev–Trinajstić information content (AvgIpc) is 2.25. The topological polar surface area (TPSA) is 49.3 Å². The van der Waals surface area contributed by atoms with Crippen LogP contribution in [-0.2, 0) is 10.3 Å². The van der Waals surface area contributed by atoms with Gasteiger partial charge in [-0.25, -0.2) is 9.18 Å². The van der Waals surface area contributed by atoms with Gasteiger partial charge >= 0.3 is 5.97 Å². The number of benzene rings is 1. The minimum Gasteiger partial charge on any atom is -0.480 e. The lowest BCUT2D eigenvalue weighted by Crippen LogP contribution is -2.47. The third-order valence-corrected chi connectivity index (χ3v) is 3.15. The normalized spacial score (nSPS) is 14.1. The minimum atomic E-state index is -1.29. The summed E-state index contributed by atoms with van der Waals surface area (Å²) in [6.45, 7) is 5.39. The summed E-state index contributed by atoms with van der Waals surface area (Å²) in [7, 11) is 0. The number of aliphatic carboxylic acids is 1. The summed E-state index contributed by atoms with van der Waals surface area (Å²) in [5.41, 5.74) is -0.825. The van der Waals surface area contributed by atoms with E-state index in [0.29, 0.717) is 16.6 Å². The number of hydrogen-bond donors (Lipinski definition) is 2. The summed E-state index contributed by atoms with van der Waals surface area (Å²) in [5, 5.41) is 12.1. The SMILES string of the molecule is C=CCNC(C)(C(=O)O)c1ccc(F)cc1Br. The third kappa shape index (κ3) is 2.92. The quantitative estimate of drug-likeness (QED) is 0.822. The Kier molecular flexibility index (Phi) is 4.42. The van der Waals surface area contributed by atoms with Gasteiger partial charge in [0.2, 0.25) is 0 Å². The van der Waals surface area contributed by atoms with Gasteiger partial charge in [0, 0.05) is 11.0 Å².